The number of benzene rings is 2. The van der Waals surface area contributed by atoms with Gasteiger partial charge in [-0.25, -0.2) is 9.67 Å². The summed E-state index contributed by atoms with van der Waals surface area (Å²) in [6.45, 7) is 9.69. The van der Waals surface area contributed by atoms with Crippen LogP contribution >= 0.6 is 0 Å². The monoisotopic (exact) mass is 457 g/mol. The smallest absolute Gasteiger partial charge is 0.262 e. The Morgan fingerprint density at radius 1 is 0.971 bits per heavy atom. The molecule has 0 radical (unpaired) electrons. The first-order valence-corrected chi connectivity index (χ1v) is 11.0. The van der Waals surface area contributed by atoms with E-state index in [4.69, 9.17) is 9.47 Å². The first-order valence-electron chi connectivity index (χ1n) is 11.0. The second kappa shape index (κ2) is 9.74. The maximum Gasteiger partial charge on any atom is 0.262 e. The number of nitrogens with zero attached hydrogens (tertiary/aromatic N) is 4. The van der Waals surface area contributed by atoms with Gasteiger partial charge in [0.25, 0.3) is 5.91 Å². The van der Waals surface area contributed by atoms with Crippen LogP contribution in [0.3, 0.4) is 0 Å². The van der Waals surface area contributed by atoms with Gasteiger partial charge in [-0.15, -0.1) is 0 Å². The molecule has 0 fully saturated rings. The van der Waals surface area contributed by atoms with Crippen LogP contribution < -0.4 is 14.8 Å². The minimum atomic E-state index is -0.242. The number of anilines is 1. The molecule has 174 valence electrons. The quantitative estimate of drug-likeness (QED) is 0.419. The summed E-state index contributed by atoms with van der Waals surface area (Å²) in [7, 11) is 0. The first kappa shape index (κ1) is 23.0. The Morgan fingerprint density at radius 2 is 1.71 bits per heavy atom. The van der Waals surface area contributed by atoms with Crippen LogP contribution in [0.15, 0.2) is 54.6 Å². The first-order chi connectivity index (χ1) is 16.3. The predicted molar refractivity (Wildman–Crippen MR) is 130 cm³/mol. The molecule has 0 unspecified atom stereocenters. The molecule has 0 saturated heterocycles. The Labute approximate surface area is 198 Å². The lowest BCUT2D eigenvalue weighted by Gasteiger charge is -2.11. The number of para-hydroxylation sites is 1. The highest BCUT2D eigenvalue weighted by molar-refractivity contribution is 5.91. The highest BCUT2D eigenvalue weighted by Gasteiger charge is 2.13. The van der Waals surface area contributed by atoms with Crippen LogP contribution in [0.25, 0.3) is 5.82 Å². The molecule has 2 aromatic heterocycles. The molecule has 0 aliphatic heterocycles. The molecule has 8 nitrogen and oxygen atoms in total. The Hall–Kier alpha value is -4.20. The van der Waals surface area contributed by atoms with E-state index in [1.807, 2.05) is 58.9 Å². The van der Waals surface area contributed by atoms with Crippen molar-refractivity contribution in [2.24, 2.45) is 0 Å². The molecule has 1 amide bonds. The van der Waals surface area contributed by atoms with Crippen LogP contribution in [-0.4, -0.2) is 32.3 Å². The van der Waals surface area contributed by atoms with Gasteiger partial charge in [0.1, 0.15) is 17.3 Å². The van der Waals surface area contributed by atoms with E-state index in [2.05, 4.69) is 20.4 Å². The van der Waals surface area contributed by atoms with Crippen molar-refractivity contribution in [2.45, 2.75) is 34.6 Å². The molecule has 0 aliphatic rings. The molecule has 2 aromatic carbocycles. The molecule has 0 spiro atoms. The lowest BCUT2D eigenvalue weighted by atomic mass is 10.2. The normalized spacial score (nSPS) is 10.7. The van der Waals surface area contributed by atoms with Gasteiger partial charge in [0, 0.05) is 17.4 Å². The van der Waals surface area contributed by atoms with Crippen LogP contribution in [0, 0.1) is 34.6 Å². The number of carbonyl (C=O) groups excluding carboxylic acids is 1. The maximum atomic E-state index is 12.2. The van der Waals surface area contributed by atoms with E-state index in [0.717, 1.165) is 22.5 Å². The van der Waals surface area contributed by atoms with Gasteiger partial charge in [0.05, 0.1) is 5.69 Å². The van der Waals surface area contributed by atoms with Gasteiger partial charge in [0.15, 0.2) is 12.4 Å². The van der Waals surface area contributed by atoms with E-state index < -0.39 is 0 Å². The molecule has 0 atom stereocenters. The fourth-order valence-electron chi connectivity index (χ4n) is 3.42. The largest absolute Gasteiger partial charge is 0.483 e. The van der Waals surface area contributed by atoms with Crippen molar-refractivity contribution < 1.29 is 14.3 Å². The average Bonchev–Trinajstić information content (AvgIpc) is 3.07. The number of nitrogens with one attached hydrogen (secondary N) is 1. The van der Waals surface area contributed by atoms with E-state index in [0.29, 0.717) is 34.7 Å². The van der Waals surface area contributed by atoms with Gasteiger partial charge in [-0.05, 0) is 76.1 Å². The van der Waals surface area contributed by atoms with Crippen LogP contribution in [0.5, 0.6) is 17.4 Å². The van der Waals surface area contributed by atoms with Crippen molar-refractivity contribution in [1.82, 2.24) is 19.7 Å². The molecule has 4 aromatic rings. The number of ether oxygens (including phenoxy) is 2. The van der Waals surface area contributed by atoms with Crippen molar-refractivity contribution in [3.05, 3.63) is 82.9 Å². The van der Waals surface area contributed by atoms with Crippen LogP contribution in [0.2, 0.25) is 0 Å². The maximum absolute atomic E-state index is 12.2. The molecular formula is C26H27N5O3. The Morgan fingerprint density at radius 3 is 2.38 bits per heavy atom. The summed E-state index contributed by atoms with van der Waals surface area (Å²) in [4.78, 5) is 21.1. The zero-order valence-corrected chi connectivity index (χ0v) is 19.9. The number of aromatic nitrogens is 4. The molecule has 0 bridgehead atoms. The SMILES string of the molecule is Cc1nc(Oc2ccc(NC(=O)COc3ccccc3C)cc2)cc(-n2nc(C)c(C)c2C)n1. The van der Waals surface area contributed by atoms with E-state index in [1.54, 1.807) is 35.0 Å². The molecule has 2 heterocycles. The highest BCUT2D eigenvalue weighted by atomic mass is 16.5. The Balaban J connectivity index is 1.41. The minimum Gasteiger partial charge on any atom is -0.483 e. The lowest BCUT2D eigenvalue weighted by molar-refractivity contribution is -0.118. The summed E-state index contributed by atoms with van der Waals surface area (Å²) in [5, 5.41) is 7.39. The second-order valence-corrected chi connectivity index (χ2v) is 8.05. The van der Waals surface area contributed by atoms with Crippen molar-refractivity contribution >= 4 is 11.6 Å². The zero-order valence-electron chi connectivity index (χ0n) is 19.9. The number of aryl methyl sites for hydroxylation is 3. The molecule has 0 saturated carbocycles. The zero-order chi connectivity index (χ0) is 24.2. The van der Waals surface area contributed by atoms with Gasteiger partial charge in [0.2, 0.25) is 5.88 Å². The van der Waals surface area contributed by atoms with Crippen LogP contribution in [0.4, 0.5) is 5.69 Å². The van der Waals surface area contributed by atoms with Crippen molar-refractivity contribution in [1.29, 1.82) is 0 Å². The minimum absolute atomic E-state index is 0.0715. The topological polar surface area (TPSA) is 91.2 Å². The summed E-state index contributed by atoms with van der Waals surface area (Å²) in [6, 6.07) is 16.4. The number of rotatable bonds is 7. The molecule has 8 heteroatoms. The Bertz CT molecular complexity index is 1330. The molecular weight excluding hydrogens is 430 g/mol. The number of hydrogen-bond donors (Lipinski definition) is 1. The van der Waals surface area contributed by atoms with Gasteiger partial charge in [-0.3, -0.25) is 4.79 Å². The van der Waals surface area contributed by atoms with E-state index in [1.165, 1.54) is 0 Å². The fourth-order valence-corrected chi connectivity index (χ4v) is 3.42. The van der Waals surface area contributed by atoms with E-state index in [-0.39, 0.29) is 12.5 Å². The van der Waals surface area contributed by atoms with Gasteiger partial charge < -0.3 is 14.8 Å². The summed E-state index contributed by atoms with van der Waals surface area (Å²) in [6.07, 6.45) is 0. The number of hydrogen-bond acceptors (Lipinski definition) is 6. The highest BCUT2D eigenvalue weighted by Crippen LogP contribution is 2.24. The van der Waals surface area contributed by atoms with Gasteiger partial charge in [-0.2, -0.15) is 10.1 Å². The summed E-state index contributed by atoms with van der Waals surface area (Å²) >= 11 is 0. The summed E-state index contributed by atoms with van der Waals surface area (Å²) in [5.74, 6) is 2.67. The lowest BCUT2D eigenvalue weighted by Crippen LogP contribution is -2.20. The van der Waals surface area contributed by atoms with Crippen LogP contribution in [-0.2, 0) is 4.79 Å². The third-order valence-corrected chi connectivity index (χ3v) is 5.48. The van der Waals surface area contributed by atoms with Gasteiger partial charge >= 0.3 is 0 Å². The molecule has 1 N–H and O–H groups in total. The van der Waals surface area contributed by atoms with E-state index >= 15 is 0 Å². The van der Waals surface area contributed by atoms with Gasteiger partial charge in [-0.1, -0.05) is 18.2 Å². The van der Waals surface area contributed by atoms with Crippen molar-refractivity contribution in [3.63, 3.8) is 0 Å². The standard InChI is InChI=1S/C26H27N5O3/c1-16-8-6-7-9-23(16)33-15-25(32)29-21-10-12-22(13-11-21)34-26-14-24(27-20(5)28-26)31-19(4)17(2)18(3)30-31/h6-14H,15H2,1-5H3,(H,29,32). The average molecular weight is 458 g/mol. The number of amides is 1. The second-order valence-electron chi connectivity index (χ2n) is 8.05. The Kier molecular flexibility index (Phi) is 6.58. The molecule has 34 heavy (non-hydrogen) atoms. The molecule has 0 aliphatic carbocycles. The third kappa shape index (κ3) is 5.23. The predicted octanol–water partition coefficient (Wildman–Crippen LogP) is 5.01. The molecule has 4 rings (SSSR count). The fraction of sp³-hybridized carbons (Fsp3) is 0.231. The van der Waals surface area contributed by atoms with Crippen molar-refractivity contribution in [2.75, 3.05) is 11.9 Å². The third-order valence-electron chi connectivity index (χ3n) is 5.48. The summed E-state index contributed by atoms with van der Waals surface area (Å²) in [5.41, 5.74) is 4.73. The number of carbonyl (C=O) groups is 1. The van der Waals surface area contributed by atoms with E-state index in [9.17, 15) is 4.79 Å². The van der Waals surface area contributed by atoms with Crippen molar-refractivity contribution in [3.8, 4) is 23.2 Å². The van der Waals surface area contributed by atoms with Crippen LogP contribution in [0.1, 0.15) is 28.3 Å². The summed E-state index contributed by atoms with van der Waals surface area (Å²) < 4.78 is 13.3.